The van der Waals surface area contributed by atoms with E-state index < -0.39 is 26.5 Å². The molecular weight excluding hydrogens is 581 g/mol. The third kappa shape index (κ3) is 31.0. The number of ether oxygens (including phenoxy) is 2. The number of phosphoric acid groups is 1. The first-order valence-corrected chi connectivity index (χ1v) is 19.5. The minimum absolute atomic E-state index is 0.0575. The van der Waals surface area contributed by atoms with Crippen LogP contribution in [0, 0.1) is 0 Å². The second-order valence-electron chi connectivity index (χ2n) is 12.1. The standard InChI is InChI=1S/C34H68NO8P/c1-3-5-7-9-11-13-14-15-16-17-19-21-23-25-27-34(37)43-32(31-42-44(38,39)41-29-28-35)30-40-33(36)26-24-22-20-18-12-10-8-6-4-2/h32H,3-31,35H2,1-2H3,(H,38,39). The van der Waals surface area contributed by atoms with Crippen molar-refractivity contribution >= 4 is 19.8 Å². The van der Waals surface area contributed by atoms with Gasteiger partial charge in [-0.15, -0.1) is 0 Å². The smallest absolute Gasteiger partial charge is 0.462 e. The molecule has 0 amide bonds. The Bertz CT molecular complexity index is 709. The summed E-state index contributed by atoms with van der Waals surface area (Å²) < 4.78 is 32.5. The Labute approximate surface area is 269 Å². The predicted molar refractivity (Wildman–Crippen MR) is 178 cm³/mol. The van der Waals surface area contributed by atoms with Crippen LogP contribution in [0.15, 0.2) is 0 Å². The highest BCUT2D eigenvalue weighted by Crippen LogP contribution is 2.43. The maximum absolute atomic E-state index is 12.5. The zero-order chi connectivity index (χ0) is 32.6. The Hall–Kier alpha value is -0.990. The maximum atomic E-state index is 12.5. The monoisotopic (exact) mass is 649 g/mol. The summed E-state index contributed by atoms with van der Waals surface area (Å²) in [5.74, 6) is -0.823. The van der Waals surface area contributed by atoms with Crippen LogP contribution in [0.3, 0.4) is 0 Å². The molecule has 0 spiro atoms. The topological polar surface area (TPSA) is 134 Å². The summed E-state index contributed by atoms with van der Waals surface area (Å²) in [6.45, 7) is 3.71. The van der Waals surface area contributed by atoms with Crippen molar-refractivity contribution in [3.8, 4) is 0 Å². The summed E-state index contributed by atoms with van der Waals surface area (Å²) in [5, 5.41) is 0. The molecule has 44 heavy (non-hydrogen) atoms. The number of phosphoric ester groups is 1. The summed E-state index contributed by atoms with van der Waals surface area (Å²) in [5.41, 5.74) is 5.32. The van der Waals surface area contributed by atoms with Gasteiger partial charge in [0.1, 0.15) is 6.61 Å². The van der Waals surface area contributed by atoms with Gasteiger partial charge in [-0.1, -0.05) is 149 Å². The third-order valence-corrected chi connectivity index (χ3v) is 8.73. The number of carbonyl (C=O) groups is 2. The van der Waals surface area contributed by atoms with Gasteiger partial charge in [0.05, 0.1) is 13.2 Å². The minimum Gasteiger partial charge on any atom is -0.462 e. The SMILES string of the molecule is CCCCCCCCCCCCCCCCC(=O)OC(COC(=O)CCCCCCCCCCC)COP(=O)(O)OCCN. The molecule has 0 saturated carbocycles. The molecule has 0 heterocycles. The van der Waals surface area contributed by atoms with Crippen molar-refractivity contribution in [2.75, 3.05) is 26.4 Å². The molecule has 262 valence electrons. The first-order valence-electron chi connectivity index (χ1n) is 18.0. The van der Waals surface area contributed by atoms with Gasteiger partial charge >= 0.3 is 19.8 Å². The fourth-order valence-corrected chi connectivity index (χ4v) is 5.81. The van der Waals surface area contributed by atoms with Crippen molar-refractivity contribution in [3.05, 3.63) is 0 Å². The van der Waals surface area contributed by atoms with Crippen LogP contribution in [0.25, 0.3) is 0 Å². The van der Waals surface area contributed by atoms with Crippen molar-refractivity contribution in [1.82, 2.24) is 0 Å². The van der Waals surface area contributed by atoms with E-state index >= 15 is 0 Å². The van der Waals surface area contributed by atoms with Crippen LogP contribution in [-0.4, -0.2) is 49.3 Å². The third-order valence-electron chi connectivity index (χ3n) is 7.74. The number of rotatable bonds is 34. The first kappa shape index (κ1) is 43.0. The average molecular weight is 650 g/mol. The Balaban J connectivity index is 4.21. The second-order valence-corrected chi connectivity index (χ2v) is 13.6. The van der Waals surface area contributed by atoms with Crippen LogP contribution in [0.4, 0.5) is 0 Å². The highest BCUT2D eigenvalue weighted by atomic mass is 31.2. The molecule has 2 unspecified atom stereocenters. The quantitative estimate of drug-likeness (QED) is 0.0397. The lowest BCUT2D eigenvalue weighted by molar-refractivity contribution is -0.161. The van der Waals surface area contributed by atoms with Crippen molar-refractivity contribution in [1.29, 1.82) is 0 Å². The van der Waals surface area contributed by atoms with Crippen LogP contribution >= 0.6 is 7.82 Å². The minimum atomic E-state index is -4.36. The highest BCUT2D eigenvalue weighted by Gasteiger charge is 2.25. The maximum Gasteiger partial charge on any atom is 0.472 e. The second kappa shape index (κ2) is 32.0. The molecule has 0 saturated heterocycles. The van der Waals surface area contributed by atoms with Crippen molar-refractivity contribution in [3.63, 3.8) is 0 Å². The van der Waals surface area contributed by atoms with Gasteiger partial charge in [0.2, 0.25) is 0 Å². The van der Waals surface area contributed by atoms with Gasteiger partial charge in [0.15, 0.2) is 6.10 Å². The molecule has 2 atom stereocenters. The number of carbonyl (C=O) groups excluding carboxylic acids is 2. The number of nitrogens with two attached hydrogens (primary N) is 1. The summed E-state index contributed by atoms with van der Waals surface area (Å²) in [6, 6.07) is 0. The van der Waals surface area contributed by atoms with Gasteiger partial charge < -0.3 is 20.1 Å². The molecule has 0 aromatic heterocycles. The summed E-state index contributed by atoms with van der Waals surface area (Å²) in [7, 11) is -4.36. The van der Waals surface area contributed by atoms with Gasteiger partial charge in [-0.05, 0) is 12.8 Å². The lowest BCUT2D eigenvalue weighted by Crippen LogP contribution is -2.29. The molecule has 0 rings (SSSR count). The van der Waals surface area contributed by atoms with E-state index in [0.717, 1.165) is 32.1 Å². The molecule has 0 aliphatic heterocycles. The molecule has 0 bridgehead atoms. The number of esters is 2. The van der Waals surface area contributed by atoms with E-state index in [1.54, 1.807) is 0 Å². The normalized spacial score (nSPS) is 13.5. The molecule has 0 aromatic rings. The van der Waals surface area contributed by atoms with Gasteiger partial charge in [-0.25, -0.2) is 4.57 Å². The molecule has 0 aliphatic rings. The fourth-order valence-electron chi connectivity index (χ4n) is 5.05. The van der Waals surface area contributed by atoms with E-state index in [4.69, 9.17) is 24.3 Å². The van der Waals surface area contributed by atoms with Crippen LogP contribution in [-0.2, 0) is 32.7 Å². The van der Waals surface area contributed by atoms with Crippen LogP contribution in [0.1, 0.15) is 174 Å². The molecule has 0 fully saturated rings. The van der Waals surface area contributed by atoms with E-state index in [0.29, 0.717) is 6.42 Å². The zero-order valence-corrected chi connectivity index (χ0v) is 29.3. The van der Waals surface area contributed by atoms with E-state index in [1.165, 1.54) is 109 Å². The molecule has 0 aliphatic carbocycles. The molecular formula is C34H68NO8P. The fraction of sp³-hybridized carbons (Fsp3) is 0.941. The van der Waals surface area contributed by atoms with Gasteiger partial charge in [-0.2, -0.15) is 0 Å². The molecule has 10 heteroatoms. The van der Waals surface area contributed by atoms with Gasteiger partial charge in [0.25, 0.3) is 0 Å². The van der Waals surface area contributed by atoms with Crippen molar-refractivity contribution in [2.24, 2.45) is 5.73 Å². The van der Waals surface area contributed by atoms with E-state index in [1.807, 2.05) is 0 Å². The average Bonchev–Trinajstić information content (AvgIpc) is 3.00. The van der Waals surface area contributed by atoms with Gasteiger partial charge in [0, 0.05) is 19.4 Å². The largest absolute Gasteiger partial charge is 0.472 e. The Morgan fingerprint density at radius 2 is 0.977 bits per heavy atom. The van der Waals surface area contributed by atoms with Gasteiger partial charge in [-0.3, -0.25) is 18.6 Å². The van der Waals surface area contributed by atoms with Crippen LogP contribution in [0.2, 0.25) is 0 Å². The lowest BCUT2D eigenvalue weighted by Gasteiger charge is -2.19. The Morgan fingerprint density at radius 3 is 1.39 bits per heavy atom. The molecule has 3 N–H and O–H groups in total. The van der Waals surface area contributed by atoms with Crippen LogP contribution in [0.5, 0.6) is 0 Å². The van der Waals surface area contributed by atoms with E-state index in [-0.39, 0.29) is 38.6 Å². The highest BCUT2D eigenvalue weighted by molar-refractivity contribution is 7.47. The molecule has 0 aromatic carbocycles. The van der Waals surface area contributed by atoms with Crippen molar-refractivity contribution < 1.29 is 37.6 Å². The van der Waals surface area contributed by atoms with E-state index in [9.17, 15) is 19.0 Å². The van der Waals surface area contributed by atoms with Crippen molar-refractivity contribution in [2.45, 2.75) is 180 Å². The lowest BCUT2D eigenvalue weighted by atomic mass is 10.0. The number of unbranched alkanes of at least 4 members (excludes halogenated alkanes) is 21. The van der Waals surface area contributed by atoms with E-state index in [2.05, 4.69) is 13.8 Å². The first-order chi connectivity index (χ1) is 21.3. The number of hydrogen-bond acceptors (Lipinski definition) is 8. The molecule has 0 radical (unpaired) electrons. The summed E-state index contributed by atoms with van der Waals surface area (Å²) in [4.78, 5) is 34.5. The summed E-state index contributed by atoms with van der Waals surface area (Å²) >= 11 is 0. The Kier molecular flexibility index (Phi) is 31.3. The Morgan fingerprint density at radius 1 is 0.591 bits per heavy atom. The molecule has 9 nitrogen and oxygen atoms in total. The zero-order valence-electron chi connectivity index (χ0n) is 28.4. The van der Waals surface area contributed by atoms with Crippen LogP contribution < -0.4 is 5.73 Å². The summed E-state index contributed by atoms with van der Waals surface area (Å²) in [6.07, 6.45) is 27.1. The number of hydrogen-bond donors (Lipinski definition) is 2. The predicted octanol–water partition coefficient (Wildman–Crippen LogP) is 9.33.